The summed E-state index contributed by atoms with van der Waals surface area (Å²) in [6.07, 6.45) is 1.66. The smallest absolute Gasteiger partial charge is 0.251 e. The lowest BCUT2D eigenvalue weighted by molar-refractivity contribution is -0.123. The van der Waals surface area contributed by atoms with Gasteiger partial charge in [0.25, 0.3) is 5.91 Å². The Morgan fingerprint density at radius 3 is 2.22 bits per heavy atom. The van der Waals surface area contributed by atoms with Crippen LogP contribution in [0.2, 0.25) is 0 Å². The molecule has 0 spiro atoms. The van der Waals surface area contributed by atoms with Crippen LogP contribution in [0.5, 0.6) is 0 Å². The van der Waals surface area contributed by atoms with Gasteiger partial charge in [-0.25, -0.2) is 0 Å². The zero-order valence-electron chi connectivity index (χ0n) is 20.2. The van der Waals surface area contributed by atoms with Gasteiger partial charge in [0.2, 0.25) is 11.8 Å². The molecular weight excluding hydrogens is 452 g/mol. The van der Waals surface area contributed by atoms with Crippen LogP contribution in [0.15, 0.2) is 84.9 Å². The standard InChI is InChI=1S/C29H32N4O3/c30-28(35)23-14-16-33(17-15-23)20-21-8-7-13-25(18-21)31-27(34)19-26(22-9-3-1-4-10-22)32-29(36)24-11-5-2-6-12-24/h1-13,18,23,26H,14-17,19-20H2,(H2,30,35)(H,31,34)(H,32,36). The molecule has 1 saturated heterocycles. The normalized spacial score (nSPS) is 15.1. The summed E-state index contributed by atoms with van der Waals surface area (Å²) in [6, 6.07) is 25.8. The van der Waals surface area contributed by atoms with Gasteiger partial charge in [-0.3, -0.25) is 19.3 Å². The Hall–Kier alpha value is -3.97. The number of rotatable bonds is 9. The van der Waals surface area contributed by atoms with E-state index in [-0.39, 0.29) is 30.1 Å². The lowest BCUT2D eigenvalue weighted by Gasteiger charge is -2.30. The predicted octanol–water partition coefficient (Wildman–Crippen LogP) is 3.88. The molecule has 186 valence electrons. The molecule has 1 fully saturated rings. The molecule has 4 rings (SSSR count). The predicted molar refractivity (Wildman–Crippen MR) is 140 cm³/mol. The van der Waals surface area contributed by atoms with E-state index in [2.05, 4.69) is 15.5 Å². The second kappa shape index (κ2) is 12.1. The number of anilines is 1. The molecule has 0 aliphatic carbocycles. The number of hydrogen-bond donors (Lipinski definition) is 3. The summed E-state index contributed by atoms with van der Waals surface area (Å²) in [5.74, 6) is -0.657. The lowest BCUT2D eigenvalue weighted by atomic mass is 9.96. The van der Waals surface area contributed by atoms with E-state index < -0.39 is 6.04 Å². The molecule has 4 N–H and O–H groups in total. The molecule has 0 radical (unpaired) electrons. The van der Waals surface area contributed by atoms with Crippen LogP contribution in [0.3, 0.4) is 0 Å². The molecule has 1 aliphatic heterocycles. The van der Waals surface area contributed by atoms with Crippen molar-refractivity contribution >= 4 is 23.4 Å². The van der Waals surface area contributed by atoms with Gasteiger partial charge in [-0.15, -0.1) is 0 Å². The van der Waals surface area contributed by atoms with Gasteiger partial charge in [-0.2, -0.15) is 0 Å². The molecule has 0 saturated carbocycles. The van der Waals surface area contributed by atoms with Crippen molar-refractivity contribution < 1.29 is 14.4 Å². The van der Waals surface area contributed by atoms with E-state index in [1.165, 1.54) is 0 Å². The third kappa shape index (κ3) is 7.02. The second-order valence-electron chi connectivity index (χ2n) is 9.21. The zero-order chi connectivity index (χ0) is 25.3. The van der Waals surface area contributed by atoms with Crippen molar-refractivity contribution in [2.75, 3.05) is 18.4 Å². The second-order valence-corrected chi connectivity index (χ2v) is 9.21. The lowest BCUT2D eigenvalue weighted by Crippen LogP contribution is -2.38. The van der Waals surface area contributed by atoms with Crippen LogP contribution in [-0.2, 0) is 16.1 Å². The minimum Gasteiger partial charge on any atom is -0.369 e. The molecule has 7 heteroatoms. The number of benzene rings is 3. The van der Waals surface area contributed by atoms with Gasteiger partial charge in [-0.05, 0) is 61.3 Å². The van der Waals surface area contributed by atoms with Gasteiger partial charge >= 0.3 is 0 Å². The number of likely N-dealkylation sites (tertiary alicyclic amines) is 1. The fraction of sp³-hybridized carbons (Fsp3) is 0.276. The molecule has 1 heterocycles. The molecule has 1 aliphatic rings. The number of carbonyl (C=O) groups excluding carboxylic acids is 3. The maximum atomic E-state index is 13.0. The monoisotopic (exact) mass is 484 g/mol. The summed E-state index contributed by atoms with van der Waals surface area (Å²) >= 11 is 0. The van der Waals surface area contributed by atoms with Crippen molar-refractivity contribution in [3.8, 4) is 0 Å². The van der Waals surface area contributed by atoms with Gasteiger partial charge in [0.1, 0.15) is 0 Å². The number of amides is 3. The van der Waals surface area contributed by atoms with E-state index >= 15 is 0 Å². The number of nitrogens with one attached hydrogen (secondary N) is 2. The van der Waals surface area contributed by atoms with Crippen LogP contribution in [-0.4, -0.2) is 35.7 Å². The maximum Gasteiger partial charge on any atom is 0.251 e. The first-order chi connectivity index (χ1) is 17.5. The van der Waals surface area contributed by atoms with Crippen molar-refractivity contribution in [3.63, 3.8) is 0 Å². The minimum absolute atomic E-state index is 0.0354. The number of primary amides is 1. The van der Waals surface area contributed by atoms with Gasteiger partial charge in [0.15, 0.2) is 0 Å². The largest absolute Gasteiger partial charge is 0.369 e. The van der Waals surface area contributed by atoms with E-state index in [1.54, 1.807) is 12.1 Å². The van der Waals surface area contributed by atoms with Crippen molar-refractivity contribution in [2.24, 2.45) is 11.7 Å². The SMILES string of the molecule is NC(=O)C1CCN(Cc2cccc(NC(=O)CC(NC(=O)c3ccccc3)c3ccccc3)c2)CC1. The highest BCUT2D eigenvalue weighted by Gasteiger charge is 2.23. The highest BCUT2D eigenvalue weighted by molar-refractivity contribution is 5.95. The molecule has 7 nitrogen and oxygen atoms in total. The molecule has 3 aromatic rings. The number of nitrogens with zero attached hydrogens (tertiary/aromatic N) is 1. The molecule has 36 heavy (non-hydrogen) atoms. The van der Waals surface area contributed by atoms with Crippen LogP contribution >= 0.6 is 0 Å². The van der Waals surface area contributed by atoms with Gasteiger partial charge in [-0.1, -0.05) is 60.7 Å². The third-order valence-corrected chi connectivity index (χ3v) is 6.54. The van der Waals surface area contributed by atoms with Gasteiger partial charge in [0.05, 0.1) is 12.5 Å². The Morgan fingerprint density at radius 1 is 0.889 bits per heavy atom. The Balaban J connectivity index is 1.38. The number of piperidine rings is 1. The first-order valence-electron chi connectivity index (χ1n) is 12.3. The average molecular weight is 485 g/mol. The van der Waals surface area contributed by atoms with Gasteiger partial charge in [0, 0.05) is 23.7 Å². The number of hydrogen-bond acceptors (Lipinski definition) is 4. The molecule has 0 aromatic heterocycles. The summed E-state index contributed by atoms with van der Waals surface area (Å²) < 4.78 is 0. The van der Waals surface area contributed by atoms with Gasteiger partial charge < -0.3 is 16.4 Å². The quantitative estimate of drug-likeness (QED) is 0.429. The molecule has 3 amide bonds. The summed E-state index contributed by atoms with van der Waals surface area (Å²) in [4.78, 5) is 39.5. The molecule has 0 bridgehead atoms. The first-order valence-corrected chi connectivity index (χ1v) is 12.3. The van der Waals surface area contributed by atoms with Crippen LogP contribution in [0, 0.1) is 5.92 Å². The summed E-state index contributed by atoms with van der Waals surface area (Å²) in [5.41, 5.74) is 8.65. The summed E-state index contributed by atoms with van der Waals surface area (Å²) in [6.45, 7) is 2.39. The molecule has 1 unspecified atom stereocenters. The Bertz CT molecular complexity index is 1180. The zero-order valence-corrected chi connectivity index (χ0v) is 20.2. The number of carbonyl (C=O) groups is 3. The Morgan fingerprint density at radius 2 is 1.56 bits per heavy atom. The first kappa shape index (κ1) is 25.1. The highest BCUT2D eigenvalue weighted by atomic mass is 16.2. The fourth-order valence-corrected chi connectivity index (χ4v) is 4.55. The summed E-state index contributed by atoms with van der Waals surface area (Å²) in [5, 5.41) is 5.99. The molecule has 1 atom stereocenters. The van der Waals surface area contributed by atoms with Crippen LogP contribution in [0.4, 0.5) is 5.69 Å². The van der Waals surface area contributed by atoms with Crippen LogP contribution in [0.1, 0.15) is 46.8 Å². The van der Waals surface area contributed by atoms with E-state index in [0.717, 1.165) is 43.6 Å². The average Bonchev–Trinajstić information content (AvgIpc) is 2.90. The van der Waals surface area contributed by atoms with Crippen molar-refractivity contribution in [1.82, 2.24) is 10.2 Å². The van der Waals surface area contributed by atoms with E-state index in [0.29, 0.717) is 11.3 Å². The topological polar surface area (TPSA) is 105 Å². The van der Waals surface area contributed by atoms with E-state index in [1.807, 2.05) is 72.8 Å². The van der Waals surface area contributed by atoms with Crippen molar-refractivity contribution in [2.45, 2.75) is 31.8 Å². The van der Waals surface area contributed by atoms with Crippen molar-refractivity contribution in [1.29, 1.82) is 0 Å². The maximum absolute atomic E-state index is 13.0. The number of nitrogens with two attached hydrogens (primary N) is 1. The van der Waals surface area contributed by atoms with Crippen LogP contribution in [0.25, 0.3) is 0 Å². The fourth-order valence-electron chi connectivity index (χ4n) is 4.55. The Labute approximate surface area is 211 Å². The molecule has 3 aromatic carbocycles. The molecular formula is C29H32N4O3. The van der Waals surface area contributed by atoms with E-state index in [9.17, 15) is 14.4 Å². The summed E-state index contributed by atoms with van der Waals surface area (Å²) in [7, 11) is 0. The van der Waals surface area contributed by atoms with E-state index in [4.69, 9.17) is 5.73 Å². The van der Waals surface area contributed by atoms with Crippen LogP contribution < -0.4 is 16.4 Å². The highest BCUT2D eigenvalue weighted by Crippen LogP contribution is 2.22. The third-order valence-electron chi connectivity index (χ3n) is 6.54. The van der Waals surface area contributed by atoms with Crippen molar-refractivity contribution in [3.05, 3.63) is 102 Å². The minimum atomic E-state index is -0.464. The Kier molecular flexibility index (Phi) is 8.47.